The molecule has 0 aliphatic rings. The SMILES string of the molecule is CC(Sc1nnnn1-c1ccccc1)C(=O)Nc1cc(Cl)ccc1Cl. The van der Waals surface area contributed by atoms with E-state index in [1.54, 1.807) is 29.8 Å². The number of halogens is 2. The molecule has 0 fully saturated rings. The summed E-state index contributed by atoms with van der Waals surface area (Å²) in [5.74, 6) is -0.225. The molecule has 0 aliphatic carbocycles. The van der Waals surface area contributed by atoms with Crippen molar-refractivity contribution in [3.8, 4) is 5.69 Å². The quantitative estimate of drug-likeness (QED) is 0.660. The van der Waals surface area contributed by atoms with Gasteiger partial charge in [-0.3, -0.25) is 4.79 Å². The Kier molecular flexibility index (Phi) is 5.57. The summed E-state index contributed by atoms with van der Waals surface area (Å²) in [6, 6.07) is 14.4. The maximum absolute atomic E-state index is 12.4. The Bertz CT molecular complexity index is 887. The second kappa shape index (κ2) is 7.86. The number of carbonyl (C=O) groups is 1. The highest BCUT2D eigenvalue weighted by Gasteiger charge is 2.20. The summed E-state index contributed by atoms with van der Waals surface area (Å²) >= 11 is 13.3. The zero-order valence-corrected chi connectivity index (χ0v) is 15.4. The summed E-state index contributed by atoms with van der Waals surface area (Å²) in [5, 5.41) is 15.4. The van der Waals surface area contributed by atoms with Gasteiger partial charge < -0.3 is 5.32 Å². The van der Waals surface area contributed by atoms with Crippen molar-refractivity contribution < 1.29 is 4.79 Å². The van der Waals surface area contributed by atoms with Gasteiger partial charge in [0.05, 0.1) is 21.6 Å². The van der Waals surface area contributed by atoms with E-state index < -0.39 is 5.25 Å². The van der Waals surface area contributed by atoms with Crippen LogP contribution in [0.1, 0.15) is 6.92 Å². The van der Waals surface area contributed by atoms with Gasteiger partial charge in [-0.1, -0.05) is 53.2 Å². The first-order valence-corrected chi connectivity index (χ1v) is 8.94. The number of anilines is 1. The van der Waals surface area contributed by atoms with Crippen molar-refractivity contribution in [2.75, 3.05) is 5.32 Å². The van der Waals surface area contributed by atoms with Crippen LogP contribution in [0.15, 0.2) is 53.7 Å². The average molecular weight is 394 g/mol. The number of thioether (sulfide) groups is 1. The van der Waals surface area contributed by atoms with Crippen molar-refractivity contribution in [2.45, 2.75) is 17.3 Å². The molecule has 1 heterocycles. The van der Waals surface area contributed by atoms with Crippen LogP contribution < -0.4 is 5.32 Å². The van der Waals surface area contributed by atoms with Gasteiger partial charge in [0, 0.05) is 5.02 Å². The van der Waals surface area contributed by atoms with Gasteiger partial charge in [-0.15, -0.1) is 5.10 Å². The zero-order valence-electron chi connectivity index (χ0n) is 13.1. The van der Waals surface area contributed by atoms with Crippen LogP contribution in [0.25, 0.3) is 5.69 Å². The van der Waals surface area contributed by atoms with Crippen molar-refractivity contribution in [1.82, 2.24) is 20.2 Å². The molecular formula is C16H13Cl2N5OS. The number of amides is 1. The Balaban J connectivity index is 1.73. The largest absolute Gasteiger partial charge is 0.324 e. The number of hydrogen-bond donors (Lipinski definition) is 1. The summed E-state index contributed by atoms with van der Waals surface area (Å²) in [5.41, 5.74) is 1.29. The predicted octanol–water partition coefficient (Wildman–Crippen LogP) is 4.09. The van der Waals surface area contributed by atoms with E-state index in [1.165, 1.54) is 11.8 Å². The second-order valence-corrected chi connectivity index (χ2v) is 7.23. The fraction of sp³-hybridized carbons (Fsp3) is 0.125. The van der Waals surface area contributed by atoms with Crippen molar-refractivity contribution in [3.63, 3.8) is 0 Å². The molecule has 0 bridgehead atoms. The molecule has 0 saturated heterocycles. The molecule has 6 nitrogen and oxygen atoms in total. The smallest absolute Gasteiger partial charge is 0.237 e. The van der Waals surface area contributed by atoms with Gasteiger partial charge in [-0.25, -0.2) is 0 Å². The summed E-state index contributed by atoms with van der Waals surface area (Å²) in [6.07, 6.45) is 0. The Hall–Kier alpha value is -2.09. The molecule has 1 atom stereocenters. The number of aromatic nitrogens is 4. The molecule has 1 amide bonds. The number of tetrazole rings is 1. The highest BCUT2D eigenvalue weighted by atomic mass is 35.5. The number of carbonyl (C=O) groups excluding carboxylic acids is 1. The van der Waals surface area contributed by atoms with E-state index in [4.69, 9.17) is 23.2 Å². The zero-order chi connectivity index (χ0) is 17.8. The minimum Gasteiger partial charge on any atom is -0.324 e. The number of nitrogens with zero attached hydrogens (tertiary/aromatic N) is 4. The lowest BCUT2D eigenvalue weighted by molar-refractivity contribution is -0.115. The molecule has 0 saturated carbocycles. The Morgan fingerprint density at radius 1 is 1.20 bits per heavy atom. The first-order chi connectivity index (χ1) is 12.0. The molecule has 0 radical (unpaired) electrons. The fourth-order valence-electron chi connectivity index (χ4n) is 2.02. The van der Waals surface area contributed by atoms with Crippen LogP contribution in [0.3, 0.4) is 0 Å². The normalized spacial score (nSPS) is 12.0. The van der Waals surface area contributed by atoms with Gasteiger partial charge in [-0.05, 0) is 47.7 Å². The number of benzene rings is 2. The Morgan fingerprint density at radius 3 is 2.72 bits per heavy atom. The molecule has 1 N–H and O–H groups in total. The lowest BCUT2D eigenvalue weighted by Crippen LogP contribution is -2.23. The molecule has 2 aromatic carbocycles. The van der Waals surface area contributed by atoms with E-state index in [0.29, 0.717) is 20.9 Å². The Morgan fingerprint density at radius 2 is 1.96 bits per heavy atom. The number of para-hydroxylation sites is 1. The fourth-order valence-corrected chi connectivity index (χ4v) is 3.17. The Labute approximate surface area is 158 Å². The van der Waals surface area contributed by atoms with Crippen LogP contribution in [0.2, 0.25) is 10.0 Å². The van der Waals surface area contributed by atoms with Crippen molar-refractivity contribution in [2.24, 2.45) is 0 Å². The van der Waals surface area contributed by atoms with E-state index in [1.807, 2.05) is 30.3 Å². The van der Waals surface area contributed by atoms with E-state index >= 15 is 0 Å². The van der Waals surface area contributed by atoms with Crippen LogP contribution in [0.5, 0.6) is 0 Å². The number of hydrogen-bond acceptors (Lipinski definition) is 5. The molecule has 1 aromatic heterocycles. The van der Waals surface area contributed by atoms with Crippen molar-refractivity contribution >= 4 is 46.6 Å². The van der Waals surface area contributed by atoms with E-state index in [0.717, 1.165) is 5.69 Å². The van der Waals surface area contributed by atoms with Crippen LogP contribution in [-0.2, 0) is 4.79 Å². The van der Waals surface area contributed by atoms with Crippen molar-refractivity contribution in [3.05, 3.63) is 58.6 Å². The monoisotopic (exact) mass is 393 g/mol. The van der Waals surface area contributed by atoms with E-state index in [-0.39, 0.29) is 5.91 Å². The molecule has 0 aliphatic heterocycles. The summed E-state index contributed by atoms with van der Waals surface area (Å²) in [4.78, 5) is 12.4. The van der Waals surface area contributed by atoms with Gasteiger partial charge in [0.1, 0.15) is 0 Å². The minimum atomic E-state index is -0.441. The van der Waals surface area contributed by atoms with Crippen LogP contribution in [0, 0.1) is 0 Å². The highest BCUT2D eigenvalue weighted by Crippen LogP contribution is 2.28. The third-order valence-corrected chi connectivity index (χ3v) is 4.88. The molecule has 3 rings (SSSR count). The highest BCUT2D eigenvalue weighted by molar-refractivity contribution is 8.00. The molecule has 9 heteroatoms. The molecule has 25 heavy (non-hydrogen) atoms. The molecule has 3 aromatic rings. The minimum absolute atomic E-state index is 0.225. The summed E-state index contributed by atoms with van der Waals surface area (Å²) < 4.78 is 1.58. The third kappa shape index (κ3) is 4.31. The average Bonchev–Trinajstić information content (AvgIpc) is 3.07. The van der Waals surface area contributed by atoms with E-state index in [2.05, 4.69) is 20.8 Å². The standard InChI is InChI=1S/C16H13Cl2N5OS/c1-10(15(24)19-14-9-11(17)7-8-13(14)18)25-16-20-21-22-23(16)12-5-3-2-4-6-12/h2-10H,1H3,(H,19,24). The maximum atomic E-state index is 12.4. The molecule has 1 unspecified atom stereocenters. The van der Waals surface area contributed by atoms with Crippen LogP contribution >= 0.6 is 35.0 Å². The van der Waals surface area contributed by atoms with Crippen molar-refractivity contribution in [1.29, 1.82) is 0 Å². The predicted molar refractivity (Wildman–Crippen MR) is 99.6 cm³/mol. The molecular weight excluding hydrogens is 381 g/mol. The van der Waals surface area contributed by atoms with Gasteiger partial charge >= 0.3 is 0 Å². The third-order valence-electron chi connectivity index (χ3n) is 3.28. The summed E-state index contributed by atoms with van der Waals surface area (Å²) in [7, 11) is 0. The first-order valence-electron chi connectivity index (χ1n) is 7.31. The van der Waals surface area contributed by atoms with Gasteiger partial charge in [-0.2, -0.15) is 4.68 Å². The first kappa shape index (κ1) is 17.7. The summed E-state index contributed by atoms with van der Waals surface area (Å²) in [6.45, 7) is 1.77. The van der Waals surface area contributed by atoms with Gasteiger partial charge in [0.25, 0.3) is 0 Å². The van der Waals surface area contributed by atoms with Crippen LogP contribution in [0.4, 0.5) is 5.69 Å². The van der Waals surface area contributed by atoms with Crippen LogP contribution in [-0.4, -0.2) is 31.4 Å². The van der Waals surface area contributed by atoms with Gasteiger partial charge in [0.2, 0.25) is 11.1 Å². The number of nitrogens with one attached hydrogen (secondary N) is 1. The molecule has 128 valence electrons. The second-order valence-electron chi connectivity index (χ2n) is 5.08. The lowest BCUT2D eigenvalue weighted by atomic mass is 10.3. The molecule has 0 spiro atoms. The lowest BCUT2D eigenvalue weighted by Gasteiger charge is -2.13. The van der Waals surface area contributed by atoms with E-state index in [9.17, 15) is 4.79 Å². The van der Waals surface area contributed by atoms with Gasteiger partial charge in [0.15, 0.2) is 0 Å². The number of rotatable bonds is 5. The maximum Gasteiger partial charge on any atom is 0.237 e. The topological polar surface area (TPSA) is 72.7 Å².